The van der Waals surface area contributed by atoms with Crippen LogP contribution in [0.1, 0.15) is 11.7 Å². The van der Waals surface area contributed by atoms with E-state index in [9.17, 15) is 8.78 Å². The van der Waals surface area contributed by atoms with Gasteiger partial charge >= 0.3 is 5.38 Å². The fourth-order valence-corrected chi connectivity index (χ4v) is 1.41. The molecule has 0 bridgehead atoms. The Morgan fingerprint density at radius 1 is 1.46 bits per heavy atom. The lowest BCUT2D eigenvalue weighted by Crippen LogP contribution is -2.18. The first-order chi connectivity index (χ1) is 5.91. The van der Waals surface area contributed by atoms with Crippen LogP contribution in [0.3, 0.4) is 0 Å². The second-order valence-electron chi connectivity index (χ2n) is 2.50. The first-order valence-electron chi connectivity index (χ1n) is 3.41. The molecule has 5 heteroatoms. The number of alkyl halides is 3. The monoisotopic (exact) mass is 270 g/mol. The van der Waals surface area contributed by atoms with Gasteiger partial charge in [-0.25, -0.2) is 0 Å². The molecule has 0 aliphatic heterocycles. The topological polar surface area (TPSA) is 20.2 Å². The summed E-state index contributed by atoms with van der Waals surface area (Å²) in [5.74, 6) is 0. The largest absolute Gasteiger partial charge is 0.381 e. The summed E-state index contributed by atoms with van der Waals surface area (Å²) in [7, 11) is 0. The van der Waals surface area contributed by atoms with E-state index in [2.05, 4.69) is 27.5 Å². The van der Waals surface area contributed by atoms with E-state index in [0.717, 1.165) is 0 Å². The minimum atomic E-state index is -3.64. The van der Waals surface area contributed by atoms with Crippen LogP contribution in [-0.4, -0.2) is 10.5 Å². The van der Waals surface area contributed by atoms with Gasteiger partial charge in [0.15, 0.2) is 6.10 Å². The van der Waals surface area contributed by atoms with Crippen LogP contribution < -0.4 is 0 Å². The zero-order chi connectivity index (χ0) is 10.1. The molecule has 0 aromatic heterocycles. The van der Waals surface area contributed by atoms with Gasteiger partial charge in [-0.15, -0.1) is 0 Å². The van der Waals surface area contributed by atoms with Crippen LogP contribution >= 0.6 is 27.5 Å². The standard InChI is InChI=1S/C8H6BrClF2O/c9-6-3-1-2-5(4-6)7(13)8(10,11)12/h1-4,7,13H. The summed E-state index contributed by atoms with van der Waals surface area (Å²) < 4.78 is 25.5. The molecule has 1 N–H and O–H groups in total. The zero-order valence-corrected chi connectivity index (χ0v) is 8.69. The van der Waals surface area contributed by atoms with Gasteiger partial charge < -0.3 is 5.11 Å². The molecule has 0 aliphatic carbocycles. The Morgan fingerprint density at radius 3 is 2.54 bits per heavy atom. The summed E-state index contributed by atoms with van der Waals surface area (Å²) in [6.07, 6.45) is -1.98. The lowest BCUT2D eigenvalue weighted by Gasteiger charge is -2.16. The summed E-state index contributed by atoms with van der Waals surface area (Å²) >= 11 is 7.77. The Labute approximate surface area is 87.5 Å². The third kappa shape index (κ3) is 2.90. The SMILES string of the molecule is OC(c1cccc(Br)c1)C(F)(F)Cl. The lowest BCUT2D eigenvalue weighted by atomic mass is 10.1. The van der Waals surface area contributed by atoms with Crippen LogP contribution in [-0.2, 0) is 0 Å². The van der Waals surface area contributed by atoms with Gasteiger partial charge in [0.2, 0.25) is 0 Å². The molecule has 1 rings (SSSR count). The minimum absolute atomic E-state index is 0.0781. The average molecular weight is 271 g/mol. The first-order valence-corrected chi connectivity index (χ1v) is 4.58. The normalized spacial score (nSPS) is 14.2. The Kier molecular flexibility index (Phi) is 3.27. The van der Waals surface area contributed by atoms with Gasteiger partial charge in [-0.05, 0) is 29.3 Å². The van der Waals surface area contributed by atoms with E-state index in [1.807, 2.05) is 0 Å². The number of aliphatic hydroxyl groups is 1. The maximum Gasteiger partial charge on any atom is 0.351 e. The van der Waals surface area contributed by atoms with Gasteiger partial charge in [0.1, 0.15) is 0 Å². The Morgan fingerprint density at radius 2 is 2.08 bits per heavy atom. The van der Waals surface area contributed by atoms with Crippen LogP contribution in [0.25, 0.3) is 0 Å². The number of halogens is 4. The van der Waals surface area contributed by atoms with Gasteiger partial charge in [-0.2, -0.15) is 8.78 Å². The van der Waals surface area contributed by atoms with Crippen LogP contribution in [0.15, 0.2) is 28.7 Å². The van der Waals surface area contributed by atoms with Crippen molar-refractivity contribution >= 4 is 27.5 Å². The third-order valence-electron chi connectivity index (χ3n) is 1.47. The van der Waals surface area contributed by atoms with E-state index in [0.29, 0.717) is 4.47 Å². The number of hydrogen-bond donors (Lipinski definition) is 1. The minimum Gasteiger partial charge on any atom is -0.381 e. The van der Waals surface area contributed by atoms with Gasteiger partial charge in [0.25, 0.3) is 0 Å². The van der Waals surface area contributed by atoms with Gasteiger partial charge in [0.05, 0.1) is 0 Å². The second-order valence-corrected chi connectivity index (χ2v) is 3.92. The van der Waals surface area contributed by atoms with Crippen molar-refractivity contribution in [3.63, 3.8) is 0 Å². The fourth-order valence-electron chi connectivity index (χ4n) is 0.866. The van der Waals surface area contributed by atoms with E-state index < -0.39 is 11.5 Å². The van der Waals surface area contributed by atoms with Crippen molar-refractivity contribution in [3.05, 3.63) is 34.3 Å². The molecular weight excluding hydrogens is 265 g/mol. The molecular formula is C8H6BrClF2O. The van der Waals surface area contributed by atoms with Crippen molar-refractivity contribution in [3.8, 4) is 0 Å². The van der Waals surface area contributed by atoms with Gasteiger partial charge in [-0.1, -0.05) is 28.1 Å². The number of hydrogen-bond acceptors (Lipinski definition) is 1. The maximum atomic E-state index is 12.4. The van der Waals surface area contributed by atoms with Crippen LogP contribution in [0.4, 0.5) is 8.78 Å². The van der Waals surface area contributed by atoms with Gasteiger partial charge in [-0.3, -0.25) is 0 Å². The molecule has 72 valence electrons. The molecule has 0 heterocycles. The molecule has 1 atom stereocenters. The molecule has 0 amide bonds. The number of aliphatic hydroxyl groups excluding tert-OH is 1. The average Bonchev–Trinajstić information content (AvgIpc) is 2.01. The van der Waals surface area contributed by atoms with Crippen molar-refractivity contribution in [1.82, 2.24) is 0 Å². The molecule has 0 saturated carbocycles. The molecule has 0 fully saturated rings. The maximum absolute atomic E-state index is 12.4. The van der Waals surface area contributed by atoms with E-state index in [-0.39, 0.29) is 5.56 Å². The molecule has 1 unspecified atom stereocenters. The molecule has 13 heavy (non-hydrogen) atoms. The zero-order valence-electron chi connectivity index (χ0n) is 6.35. The molecule has 1 nitrogen and oxygen atoms in total. The van der Waals surface area contributed by atoms with Crippen molar-refractivity contribution in [2.75, 3.05) is 0 Å². The number of benzene rings is 1. The van der Waals surface area contributed by atoms with E-state index in [1.54, 1.807) is 12.1 Å². The van der Waals surface area contributed by atoms with Crippen LogP contribution in [0.2, 0.25) is 0 Å². The second kappa shape index (κ2) is 3.90. The molecule has 1 aromatic rings. The summed E-state index contributed by atoms with van der Waals surface area (Å²) in [5, 5.41) is 5.44. The highest BCUT2D eigenvalue weighted by Crippen LogP contribution is 2.35. The highest BCUT2D eigenvalue weighted by atomic mass is 79.9. The van der Waals surface area contributed by atoms with Crippen molar-refractivity contribution in [2.45, 2.75) is 11.5 Å². The summed E-state index contributed by atoms with van der Waals surface area (Å²) in [5.41, 5.74) is 0.0781. The molecule has 0 aliphatic rings. The summed E-state index contributed by atoms with van der Waals surface area (Å²) in [6.45, 7) is 0. The quantitative estimate of drug-likeness (QED) is 0.818. The first kappa shape index (κ1) is 10.9. The number of rotatable bonds is 2. The van der Waals surface area contributed by atoms with Crippen LogP contribution in [0, 0.1) is 0 Å². The van der Waals surface area contributed by atoms with Crippen molar-refractivity contribution in [2.24, 2.45) is 0 Å². The predicted octanol–water partition coefficient (Wildman–Crippen LogP) is 3.31. The molecule has 0 saturated heterocycles. The Bertz CT molecular complexity index is 300. The summed E-state index contributed by atoms with van der Waals surface area (Å²) in [4.78, 5) is 0. The Hall–Kier alpha value is -0.190. The predicted molar refractivity (Wildman–Crippen MR) is 49.9 cm³/mol. The molecule has 0 radical (unpaired) electrons. The van der Waals surface area contributed by atoms with E-state index in [4.69, 9.17) is 5.11 Å². The van der Waals surface area contributed by atoms with E-state index >= 15 is 0 Å². The van der Waals surface area contributed by atoms with E-state index in [1.165, 1.54) is 12.1 Å². The smallest absolute Gasteiger partial charge is 0.351 e. The molecule has 0 spiro atoms. The molecule has 1 aromatic carbocycles. The van der Waals surface area contributed by atoms with Crippen molar-refractivity contribution < 1.29 is 13.9 Å². The van der Waals surface area contributed by atoms with Gasteiger partial charge in [0, 0.05) is 4.47 Å². The fraction of sp³-hybridized carbons (Fsp3) is 0.250. The summed E-state index contributed by atoms with van der Waals surface area (Å²) in [6, 6.07) is 5.99. The highest BCUT2D eigenvalue weighted by molar-refractivity contribution is 9.10. The Balaban J connectivity index is 2.96. The lowest BCUT2D eigenvalue weighted by molar-refractivity contribution is -0.0424. The van der Waals surface area contributed by atoms with Crippen molar-refractivity contribution in [1.29, 1.82) is 0 Å². The van der Waals surface area contributed by atoms with Crippen LogP contribution in [0.5, 0.6) is 0 Å². The third-order valence-corrected chi connectivity index (χ3v) is 2.17. The highest BCUT2D eigenvalue weighted by Gasteiger charge is 2.36.